The van der Waals surface area contributed by atoms with Gasteiger partial charge in [0.2, 0.25) is 17.8 Å². The van der Waals surface area contributed by atoms with E-state index < -0.39 is 35.0 Å². The van der Waals surface area contributed by atoms with Crippen LogP contribution in [0.15, 0.2) is 48.8 Å². The minimum Gasteiger partial charge on any atom is -0.507 e. The number of H-pyrrole nitrogens is 1. The number of rotatable bonds is 10. The number of nitrogens with one attached hydrogen (secondary N) is 3. The maximum absolute atomic E-state index is 14.6. The number of carbonyl (C=O) groups excluding carboxylic acids is 3. The molecule has 5 aliphatic rings. The van der Waals surface area contributed by atoms with E-state index in [1.165, 1.54) is 4.90 Å². The Hall–Kier alpha value is -6.67. The number of aromatic amines is 1. The van der Waals surface area contributed by atoms with Crippen LogP contribution in [0.4, 0.5) is 25.3 Å². The minimum absolute atomic E-state index is 0.0499. The largest absolute Gasteiger partial charge is 0.507 e. The van der Waals surface area contributed by atoms with Crippen LogP contribution in [0.2, 0.25) is 0 Å². The number of benzene rings is 2. The number of anilines is 2. The summed E-state index contributed by atoms with van der Waals surface area (Å²) in [5.41, 5.74) is 17.2. The van der Waals surface area contributed by atoms with E-state index in [1.54, 1.807) is 23.1 Å². The summed E-state index contributed by atoms with van der Waals surface area (Å²) >= 11 is 0. The van der Waals surface area contributed by atoms with Crippen molar-refractivity contribution in [1.29, 1.82) is 0 Å². The molecule has 6 heterocycles. The number of hydrogen-bond donors (Lipinski definition) is 6. The Morgan fingerprint density at radius 2 is 1.75 bits per heavy atom. The topological polar surface area (TPSA) is 202 Å². The molecule has 4 amide bonds. The molecule has 1 spiro atoms. The Labute approximate surface area is 402 Å². The number of aromatic hydroxyl groups is 1. The zero-order valence-electron chi connectivity index (χ0n) is 39.8. The molecule has 3 atom stereocenters. The molecule has 1 aliphatic carbocycles. The first-order chi connectivity index (χ1) is 32.9. The molecular weight excluding hydrogens is 881 g/mol. The summed E-state index contributed by atoms with van der Waals surface area (Å²) in [7, 11) is 0. The lowest BCUT2D eigenvalue weighted by Crippen LogP contribution is -2.70. The molecule has 17 heteroatoms. The summed E-state index contributed by atoms with van der Waals surface area (Å²) < 4.78 is 28.8. The van der Waals surface area contributed by atoms with Gasteiger partial charge in [-0.3, -0.25) is 9.59 Å². The number of nitrogens with zero attached hydrogens (tertiary/aromatic N) is 6. The summed E-state index contributed by atoms with van der Waals surface area (Å²) in [5, 5.41) is 16.1. The van der Waals surface area contributed by atoms with Crippen molar-refractivity contribution in [3.8, 4) is 18.1 Å². The van der Waals surface area contributed by atoms with Gasteiger partial charge in [0.15, 0.2) is 0 Å². The number of aromatic nitrogens is 3. The van der Waals surface area contributed by atoms with Crippen molar-refractivity contribution in [3.05, 3.63) is 99.5 Å². The van der Waals surface area contributed by atoms with E-state index in [0.717, 1.165) is 86.3 Å². The summed E-state index contributed by atoms with van der Waals surface area (Å²) in [6.45, 7) is 11.8. The number of fused-ring (bicyclic) bond motifs is 1. The number of hydrogen-bond acceptors (Lipinski definition) is 10. The highest BCUT2D eigenvalue weighted by Crippen LogP contribution is 2.51. The molecule has 2 aromatic heterocycles. The number of halogens is 2. The average molecular weight is 944 g/mol. The van der Waals surface area contributed by atoms with Crippen LogP contribution in [0.3, 0.4) is 0 Å². The lowest BCUT2D eigenvalue weighted by Gasteiger charge is -2.61. The third-order valence-corrected chi connectivity index (χ3v) is 15.3. The lowest BCUT2D eigenvalue weighted by molar-refractivity contribution is -0.142. The zero-order valence-corrected chi connectivity index (χ0v) is 39.8. The molecule has 364 valence electrons. The average Bonchev–Trinajstić information content (AvgIpc) is 3.92. The van der Waals surface area contributed by atoms with Crippen LogP contribution >= 0.6 is 0 Å². The molecule has 15 nitrogen and oxygen atoms in total. The summed E-state index contributed by atoms with van der Waals surface area (Å²) in [6.07, 6.45) is 16.9. The van der Waals surface area contributed by atoms with E-state index in [9.17, 15) is 28.3 Å². The molecule has 4 aliphatic heterocycles. The van der Waals surface area contributed by atoms with E-state index in [4.69, 9.17) is 27.9 Å². The van der Waals surface area contributed by atoms with Crippen molar-refractivity contribution >= 4 is 41.4 Å². The van der Waals surface area contributed by atoms with Gasteiger partial charge < -0.3 is 51.8 Å². The SMILES string of the molecule is C#Cc1cc(F)c(CNC(=O)C2CCCN2C(=O)C(NC(=O)N2CC3(CC(N4CCC(c5cnc(N6CCc7[nH]c(N)c(/C=C(\N)c8ccccc8O)c7C6C)nc5)CC4)C3)C2)C(C)(C)C)cc1F. The van der Waals surface area contributed by atoms with Gasteiger partial charge in [-0.2, -0.15) is 0 Å². The Balaban J connectivity index is 0.737. The second-order valence-corrected chi connectivity index (χ2v) is 20.8. The minimum atomic E-state index is -0.880. The van der Waals surface area contributed by atoms with E-state index in [0.29, 0.717) is 67.5 Å². The molecule has 4 aromatic rings. The van der Waals surface area contributed by atoms with Gasteiger partial charge in [-0.1, -0.05) is 38.8 Å². The fraction of sp³-hybridized carbons (Fsp3) is 0.481. The highest BCUT2D eigenvalue weighted by atomic mass is 19.1. The van der Waals surface area contributed by atoms with Gasteiger partial charge in [0.05, 0.1) is 11.6 Å². The van der Waals surface area contributed by atoms with E-state index in [2.05, 4.69) is 38.3 Å². The van der Waals surface area contributed by atoms with Crippen molar-refractivity contribution < 1.29 is 28.3 Å². The Morgan fingerprint density at radius 1 is 1.04 bits per heavy atom. The fourth-order valence-corrected chi connectivity index (χ4v) is 11.4. The maximum atomic E-state index is 14.6. The molecule has 8 N–H and O–H groups in total. The smallest absolute Gasteiger partial charge is 0.318 e. The first-order valence-corrected chi connectivity index (χ1v) is 24.1. The van der Waals surface area contributed by atoms with Crippen molar-refractivity contribution in [1.82, 2.24) is 40.3 Å². The monoisotopic (exact) mass is 944 g/mol. The number of para-hydroxylation sites is 1. The molecule has 69 heavy (non-hydrogen) atoms. The van der Waals surface area contributed by atoms with Gasteiger partial charge >= 0.3 is 6.03 Å². The highest BCUT2D eigenvalue weighted by Gasteiger charge is 2.56. The van der Waals surface area contributed by atoms with Crippen LogP contribution in [0, 0.1) is 34.8 Å². The zero-order chi connectivity index (χ0) is 48.9. The number of urea groups is 1. The Kier molecular flexibility index (Phi) is 12.8. The van der Waals surface area contributed by atoms with E-state index in [1.807, 2.05) is 45.3 Å². The van der Waals surface area contributed by atoms with E-state index >= 15 is 0 Å². The summed E-state index contributed by atoms with van der Waals surface area (Å²) in [4.78, 5) is 62.3. The number of likely N-dealkylation sites (tertiary alicyclic amines) is 3. The summed E-state index contributed by atoms with van der Waals surface area (Å²) in [5.74, 6) is 1.48. The molecule has 2 aromatic carbocycles. The first kappa shape index (κ1) is 47.4. The van der Waals surface area contributed by atoms with Gasteiger partial charge in [0, 0.05) is 96.6 Å². The van der Waals surface area contributed by atoms with Crippen molar-refractivity contribution in [2.24, 2.45) is 16.6 Å². The van der Waals surface area contributed by atoms with Crippen LogP contribution in [0.1, 0.15) is 117 Å². The van der Waals surface area contributed by atoms with Crippen LogP contribution in [0.25, 0.3) is 11.8 Å². The number of amides is 4. The highest BCUT2D eigenvalue weighted by molar-refractivity contribution is 5.93. The van der Waals surface area contributed by atoms with Gasteiger partial charge in [0.1, 0.15) is 35.3 Å². The van der Waals surface area contributed by atoms with Crippen LogP contribution in [0.5, 0.6) is 5.75 Å². The molecular formula is C52H63F2N11O4. The van der Waals surface area contributed by atoms with Crippen LogP contribution in [-0.2, 0) is 22.6 Å². The predicted octanol–water partition coefficient (Wildman–Crippen LogP) is 6.01. The third-order valence-electron chi connectivity index (χ3n) is 15.3. The van der Waals surface area contributed by atoms with Gasteiger partial charge in [-0.05, 0) is 106 Å². The predicted molar refractivity (Wildman–Crippen MR) is 260 cm³/mol. The summed E-state index contributed by atoms with van der Waals surface area (Å²) in [6, 6.07) is 7.30. The number of nitrogens with two attached hydrogens (primary N) is 2. The quantitative estimate of drug-likeness (QED) is 0.102. The molecule has 0 radical (unpaired) electrons. The molecule has 0 bridgehead atoms. The Bertz CT molecular complexity index is 2690. The second kappa shape index (κ2) is 18.7. The lowest BCUT2D eigenvalue weighted by atomic mass is 9.60. The molecule has 4 fully saturated rings. The van der Waals surface area contributed by atoms with Crippen LogP contribution in [-0.4, -0.2) is 110 Å². The van der Waals surface area contributed by atoms with Crippen molar-refractivity contribution in [2.45, 2.75) is 109 Å². The van der Waals surface area contributed by atoms with Gasteiger partial charge in [0.25, 0.3) is 0 Å². The number of carbonyl (C=O) groups is 3. The van der Waals surface area contributed by atoms with Crippen LogP contribution < -0.4 is 27.0 Å². The number of terminal acetylenes is 1. The molecule has 9 rings (SSSR count). The second-order valence-electron chi connectivity index (χ2n) is 20.8. The van der Waals surface area contributed by atoms with Gasteiger partial charge in [-0.25, -0.2) is 23.5 Å². The fourth-order valence-electron chi connectivity index (χ4n) is 11.4. The van der Waals surface area contributed by atoms with Gasteiger partial charge in [-0.15, -0.1) is 6.42 Å². The number of piperidine rings is 1. The first-order valence-electron chi connectivity index (χ1n) is 24.1. The Morgan fingerprint density at radius 3 is 2.43 bits per heavy atom. The van der Waals surface area contributed by atoms with Crippen molar-refractivity contribution in [2.75, 3.05) is 49.9 Å². The van der Waals surface area contributed by atoms with E-state index in [-0.39, 0.29) is 46.8 Å². The number of phenols is 1. The molecule has 3 unspecified atom stereocenters. The molecule has 1 saturated carbocycles. The normalized spacial score (nSPS) is 21.3. The number of phenolic OH excluding ortho intramolecular Hbond substituents is 1. The third kappa shape index (κ3) is 9.30. The number of nitrogen functional groups attached to an aromatic ring is 1. The standard InChI is InChI=1S/C52H63F2N11O4/c1-6-31-20-39(54)33(21-38(31)53)25-57-47(67)42-11-9-16-65(42)48(68)45(51(3,4)5)61-50(69)63-28-52(29-63)23-35(24-52)62-17-13-32(14-18-62)34-26-58-49(59-27-34)64-19-15-41-44(30(64)2)37(46(56)60-41)22-40(55)36-10-7-8-12-43(36)66/h1,7-8,10,12,20-22,26-27,30,32,35,42,45,60,66H,9,11,13-19,23-25,28-29,55-56H2,2-5H3,(H,57,67)(H,61,69)/b40-22-. The maximum Gasteiger partial charge on any atom is 0.318 e. The molecule has 3 saturated heterocycles. The van der Waals surface area contributed by atoms with Crippen molar-refractivity contribution in [3.63, 3.8) is 0 Å².